The zero-order chi connectivity index (χ0) is 13.9. The summed E-state index contributed by atoms with van der Waals surface area (Å²) in [6.07, 6.45) is 1.27. The molecule has 0 bridgehead atoms. The lowest BCUT2D eigenvalue weighted by Crippen LogP contribution is -2.22. The maximum absolute atomic E-state index is 11.1. The van der Waals surface area contributed by atoms with Crippen LogP contribution < -0.4 is 10.1 Å². The minimum atomic E-state index is -0.125. The second kappa shape index (κ2) is 9.39. The second-order valence-electron chi connectivity index (χ2n) is 4.32. The SMILES string of the molecule is CCOC(=O)CCCNCCOc1cccc(C)c1. The topological polar surface area (TPSA) is 47.6 Å². The van der Waals surface area contributed by atoms with Gasteiger partial charge in [0.05, 0.1) is 6.61 Å². The van der Waals surface area contributed by atoms with E-state index in [4.69, 9.17) is 9.47 Å². The van der Waals surface area contributed by atoms with Crippen molar-refractivity contribution in [3.8, 4) is 5.75 Å². The minimum absolute atomic E-state index is 0.125. The van der Waals surface area contributed by atoms with E-state index >= 15 is 0 Å². The zero-order valence-electron chi connectivity index (χ0n) is 11.8. The predicted octanol–water partition coefficient (Wildman–Crippen LogP) is 2.31. The van der Waals surface area contributed by atoms with E-state index in [9.17, 15) is 4.79 Å². The first-order valence-corrected chi connectivity index (χ1v) is 6.78. The van der Waals surface area contributed by atoms with Gasteiger partial charge < -0.3 is 14.8 Å². The van der Waals surface area contributed by atoms with Crippen molar-refractivity contribution in [2.24, 2.45) is 0 Å². The largest absolute Gasteiger partial charge is 0.492 e. The predicted molar refractivity (Wildman–Crippen MR) is 75.4 cm³/mol. The molecule has 0 spiro atoms. The van der Waals surface area contributed by atoms with Crippen LogP contribution in [0.15, 0.2) is 24.3 Å². The van der Waals surface area contributed by atoms with Gasteiger partial charge in [-0.3, -0.25) is 4.79 Å². The van der Waals surface area contributed by atoms with E-state index in [1.807, 2.05) is 38.1 Å². The van der Waals surface area contributed by atoms with Crippen molar-refractivity contribution in [3.63, 3.8) is 0 Å². The molecule has 0 amide bonds. The van der Waals surface area contributed by atoms with Gasteiger partial charge in [0.15, 0.2) is 0 Å². The van der Waals surface area contributed by atoms with Crippen LogP contribution in [0, 0.1) is 6.92 Å². The van der Waals surface area contributed by atoms with Gasteiger partial charge in [0.25, 0.3) is 0 Å². The standard InChI is InChI=1S/C15H23NO3/c1-3-18-15(17)8-5-9-16-10-11-19-14-7-4-6-13(2)12-14/h4,6-7,12,16H,3,5,8-11H2,1-2H3. The maximum Gasteiger partial charge on any atom is 0.305 e. The van der Waals surface area contributed by atoms with Crippen molar-refractivity contribution >= 4 is 5.97 Å². The molecule has 0 radical (unpaired) electrons. The minimum Gasteiger partial charge on any atom is -0.492 e. The van der Waals surface area contributed by atoms with E-state index in [1.54, 1.807) is 0 Å². The normalized spacial score (nSPS) is 10.2. The smallest absolute Gasteiger partial charge is 0.305 e. The number of ether oxygens (including phenoxy) is 2. The number of hydrogen-bond donors (Lipinski definition) is 1. The zero-order valence-corrected chi connectivity index (χ0v) is 11.8. The van der Waals surface area contributed by atoms with E-state index in [0.717, 1.165) is 25.3 Å². The lowest BCUT2D eigenvalue weighted by molar-refractivity contribution is -0.143. The molecule has 0 heterocycles. The van der Waals surface area contributed by atoms with Crippen molar-refractivity contribution < 1.29 is 14.3 Å². The van der Waals surface area contributed by atoms with E-state index in [-0.39, 0.29) is 5.97 Å². The molecule has 0 fully saturated rings. The van der Waals surface area contributed by atoms with Crippen LogP contribution in [0.2, 0.25) is 0 Å². The third-order valence-corrected chi connectivity index (χ3v) is 2.58. The number of carbonyl (C=O) groups excluding carboxylic acids is 1. The van der Waals surface area contributed by atoms with Gasteiger partial charge in [-0.25, -0.2) is 0 Å². The summed E-state index contributed by atoms with van der Waals surface area (Å²) in [6, 6.07) is 7.99. The molecule has 0 saturated heterocycles. The summed E-state index contributed by atoms with van der Waals surface area (Å²) in [6.45, 7) is 6.52. The fourth-order valence-corrected chi connectivity index (χ4v) is 1.66. The van der Waals surface area contributed by atoms with Crippen LogP contribution in [-0.4, -0.2) is 32.3 Å². The Bertz CT molecular complexity index is 379. The van der Waals surface area contributed by atoms with Gasteiger partial charge in [0.1, 0.15) is 12.4 Å². The Morgan fingerprint density at radius 2 is 2.16 bits per heavy atom. The van der Waals surface area contributed by atoms with Crippen LogP contribution >= 0.6 is 0 Å². The van der Waals surface area contributed by atoms with Crippen molar-refractivity contribution in [2.75, 3.05) is 26.3 Å². The molecule has 106 valence electrons. The highest BCUT2D eigenvalue weighted by Gasteiger charge is 2.00. The summed E-state index contributed by atoms with van der Waals surface area (Å²) < 4.78 is 10.4. The lowest BCUT2D eigenvalue weighted by atomic mass is 10.2. The highest BCUT2D eigenvalue weighted by molar-refractivity contribution is 5.69. The molecule has 4 nitrogen and oxygen atoms in total. The first kappa shape index (κ1) is 15.5. The number of aryl methyl sites for hydroxylation is 1. The summed E-state index contributed by atoms with van der Waals surface area (Å²) in [5, 5.41) is 3.23. The van der Waals surface area contributed by atoms with Crippen molar-refractivity contribution in [2.45, 2.75) is 26.7 Å². The van der Waals surface area contributed by atoms with Gasteiger partial charge >= 0.3 is 5.97 Å². The first-order chi connectivity index (χ1) is 9.22. The quantitative estimate of drug-likeness (QED) is 0.550. The maximum atomic E-state index is 11.1. The van der Waals surface area contributed by atoms with Gasteiger partial charge in [0.2, 0.25) is 0 Å². The van der Waals surface area contributed by atoms with Gasteiger partial charge in [-0.1, -0.05) is 12.1 Å². The Labute approximate surface area is 115 Å². The van der Waals surface area contributed by atoms with E-state index in [0.29, 0.717) is 19.6 Å². The van der Waals surface area contributed by atoms with E-state index < -0.39 is 0 Å². The summed E-state index contributed by atoms with van der Waals surface area (Å²) >= 11 is 0. The molecule has 1 aromatic carbocycles. The average Bonchev–Trinajstić information content (AvgIpc) is 2.38. The summed E-state index contributed by atoms with van der Waals surface area (Å²) in [7, 11) is 0. The fourth-order valence-electron chi connectivity index (χ4n) is 1.66. The van der Waals surface area contributed by atoms with Crippen molar-refractivity contribution in [1.82, 2.24) is 5.32 Å². The van der Waals surface area contributed by atoms with Crippen molar-refractivity contribution in [1.29, 1.82) is 0 Å². The van der Waals surface area contributed by atoms with Crippen molar-refractivity contribution in [3.05, 3.63) is 29.8 Å². The first-order valence-electron chi connectivity index (χ1n) is 6.78. The third kappa shape index (κ3) is 7.47. The molecule has 19 heavy (non-hydrogen) atoms. The summed E-state index contributed by atoms with van der Waals surface area (Å²) in [4.78, 5) is 11.1. The molecule has 0 atom stereocenters. The summed E-state index contributed by atoms with van der Waals surface area (Å²) in [5.74, 6) is 0.772. The summed E-state index contributed by atoms with van der Waals surface area (Å²) in [5.41, 5.74) is 1.19. The van der Waals surface area contributed by atoms with Gasteiger partial charge in [-0.15, -0.1) is 0 Å². The Balaban J connectivity index is 1.98. The molecule has 0 aliphatic carbocycles. The molecule has 0 aliphatic heterocycles. The Morgan fingerprint density at radius 3 is 2.89 bits per heavy atom. The van der Waals surface area contributed by atoms with Crippen LogP contribution in [0.5, 0.6) is 5.75 Å². The highest BCUT2D eigenvalue weighted by atomic mass is 16.5. The lowest BCUT2D eigenvalue weighted by Gasteiger charge is -2.08. The van der Waals surface area contributed by atoms with Crippen LogP contribution in [-0.2, 0) is 9.53 Å². The Kier molecular flexibility index (Phi) is 7.66. The molecule has 0 saturated carbocycles. The number of benzene rings is 1. The number of esters is 1. The molecule has 1 aromatic rings. The molecule has 0 aromatic heterocycles. The van der Waals surface area contributed by atoms with E-state index in [1.165, 1.54) is 5.56 Å². The van der Waals surface area contributed by atoms with Crippen LogP contribution in [0.1, 0.15) is 25.3 Å². The molecule has 0 unspecified atom stereocenters. The van der Waals surface area contributed by atoms with Crippen LogP contribution in [0.25, 0.3) is 0 Å². The number of hydrogen-bond acceptors (Lipinski definition) is 4. The fraction of sp³-hybridized carbons (Fsp3) is 0.533. The molecule has 1 rings (SSSR count). The van der Waals surface area contributed by atoms with Crippen LogP contribution in [0.3, 0.4) is 0 Å². The molecule has 4 heteroatoms. The van der Waals surface area contributed by atoms with Gasteiger partial charge in [-0.05, 0) is 44.5 Å². The average molecular weight is 265 g/mol. The number of carbonyl (C=O) groups is 1. The van der Waals surface area contributed by atoms with Gasteiger partial charge in [0, 0.05) is 13.0 Å². The molecule has 0 aliphatic rings. The van der Waals surface area contributed by atoms with Crippen LogP contribution in [0.4, 0.5) is 0 Å². The highest BCUT2D eigenvalue weighted by Crippen LogP contribution is 2.11. The number of nitrogens with one attached hydrogen (secondary N) is 1. The molecular formula is C15H23NO3. The monoisotopic (exact) mass is 265 g/mol. The third-order valence-electron chi connectivity index (χ3n) is 2.58. The van der Waals surface area contributed by atoms with E-state index in [2.05, 4.69) is 5.32 Å². The second-order valence-corrected chi connectivity index (χ2v) is 4.32. The Hall–Kier alpha value is -1.55. The Morgan fingerprint density at radius 1 is 1.32 bits per heavy atom. The van der Waals surface area contributed by atoms with Gasteiger partial charge in [-0.2, -0.15) is 0 Å². The molecule has 1 N–H and O–H groups in total. The molecular weight excluding hydrogens is 242 g/mol. The number of rotatable bonds is 9.